The molecule has 5 nitrogen and oxygen atoms in total. The number of rotatable bonds is 3. The average molecular weight is 327 g/mol. The standard InChI is InChI=1S/C17H15ClN4O/c18-12-3-1-11(2-4-12)16-15-9-19-7-5-14(15)17(22-21-16)20-13-6-8-23-10-13/h1-5,7,9,13H,6,8,10H2,(H,20,22)/t13-/m1/s1. The lowest BCUT2D eigenvalue weighted by atomic mass is 10.1. The molecule has 0 spiro atoms. The Balaban J connectivity index is 1.79. The first-order valence-electron chi connectivity index (χ1n) is 7.52. The average Bonchev–Trinajstić information content (AvgIpc) is 3.09. The zero-order valence-corrected chi connectivity index (χ0v) is 13.1. The van der Waals surface area contributed by atoms with Gasteiger partial charge in [-0.25, -0.2) is 0 Å². The third-order valence-corrected chi connectivity index (χ3v) is 4.22. The number of halogens is 1. The van der Waals surface area contributed by atoms with Crippen LogP contribution in [-0.2, 0) is 4.74 Å². The summed E-state index contributed by atoms with van der Waals surface area (Å²) in [5.41, 5.74) is 1.77. The minimum Gasteiger partial charge on any atom is -0.379 e. The van der Waals surface area contributed by atoms with E-state index in [1.165, 1.54) is 0 Å². The Labute approximate surface area is 138 Å². The van der Waals surface area contributed by atoms with Gasteiger partial charge in [-0.1, -0.05) is 23.7 Å². The van der Waals surface area contributed by atoms with Crippen molar-refractivity contribution in [1.29, 1.82) is 0 Å². The highest BCUT2D eigenvalue weighted by Gasteiger charge is 2.18. The van der Waals surface area contributed by atoms with Gasteiger partial charge in [0.2, 0.25) is 0 Å². The topological polar surface area (TPSA) is 59.9 Å². The zero-order chi connectivity index (χ0) is 15.6. The molecule has 116 valence electrons. The van der Waals surface area contributed by atoms with E-state index < -0.39 is 0 Å². The van der Waals surface area contributed by atoms with E-state index in [9.17, 15) is 0 Å². The number of nitrogens with zero attached hydrogens (tertiary/aromatic N) is 3. The largest absolute Gasteiger partial charge is 0.379 e. The van der Waals surface area contributed by atoms with Crippen LogP contribution in [0.5, 0.6) is 0 Å². The maximum absolute atomic E-state index is 5.97. The van der Waals surface area contributed by atoms with Crippen LogP contribution in [0.1, 0.15) is 6.42 Å². The summed E-state index contributed by atoms with van der Waals surface area (Å²) in [6, 6.07) is 9.82. The summed E-state index contributed by atoms with van der Waals surface area (Å²) in [6.07, 6.45) is 4.57. The van der Waals surface area contributed by atoms with E-state index in [2.05, 4.69) is 20.5 Å². The van der Waals surface area contributed by atoms with Crippen LogP contribution >= 0.6 is 11.6 Å². The molecule has 0 unspecified atom stereocenters. The molecule has 3 aromatic rings. The molecular formula is C17H15ClN4O. The minimum absolute atomic E-state index is 0.280. The van der Waals surface area contributed by atoms with Crippen LogP contribution in [-0.4, -0.2) is 34.4 Å². The number of hydrogen-bond donors (Lipinski definition) is 1. The first-order valence-corrected chi connectivity index (χ1v) is 7.90. The van der Waals surface area contributed by atoms with E-state index in [4.69, 9.17) is 16.3 Å². The van der Waals surface area contributed by atoms with E-state index in [0.29, 0.717) is 11.6 Å². The monoisotopic (exact) mass is 326 g/mol. The molecule has 1 N–H and O–H groups in total. The Kier molecular flexibility index (Phi) is 3.81. The minimum atomic E-state index is 0.280. The number of hydrogen-bond acceptors (Lipinski definition) is 5. The van der Waals surface area contributed by atoms with Crippen molar-refractivity contribution < 1.29 is 4.74 Å². The van der Waals surface area contributed by atoms with Gasteiger partial charge in [0.05, 0.1) is 12.6 Å². The molecule has 0 radical (unpaired) electrons. The Morgan fingerprint density at radius 1 is 1.09 bits per heavy atom. The molecule has 6 heteroatoms. The van der Waals surface area contributed by atoms with E-state index in [1.807, 2.05) is 36.5 Å². The van der Waals surface area contributed by atoms with Crippen molar-refractivity contribution in [2.24, 2.45) is 0 Å². The van der Waals surface area contributed by atoms with Gasteiger partial charge in [-0.05, 0) is 24.6 Å². The lowest BCUT2D eigenvalue weighted by Crippen LogP contribution is -2.20. The van der Waals surface area contributed by atoms with Gasteiger partial charge in [-0.15, -0.1) is 10.2 Å². The molecule has 0 saturated carbocycles. The Morgan fingerprint density at radius 3 is 2.74 bits per heavy atom. The van der Waals surface area contributed by atoms with Crippen LogP contribution in [0.3, 0.4) is 0 Å². The summed E-state index contributed by atoms with van der Waals surface area (Å²) in [4.78, 5) is 4.24. The molecule has 1 aromatic carbocycles. The van der Waals surface area contributed by atoms with Gasteiger partial charge >= 0.3 is 0 Å². The number of benzene rings is 1. The summed E-state index contributed by atoms with van der Waals surface area (Å²) in [7, 11) is 0. The molecule has 0 aliphatic carbocycles. The summed E-state index contributed by atoms with van der Waals surface area (Å²) >= 11 is 5.97. The van der Waals surface area contributed by atoms with Gasteiger partial charge in [0, 0.05) is 40.4 Å². The second-order valence-corrected chi connectivity index (χ2v) is 5.97. The summed E-state index contributed by atoms with van der Waals surface area (Å²) in [5, 5.41) is 14.9. The van der Waals surface area contributed by atoms with E-state index in [-0.39, 0.29) is 6.04 Å². The normalized spacial score (nSPS) is 17.5. The Hall–Kier alpha value is -2.24. The van der Waals surface area contributed by atoms with Crippen LogP contribution in [0.25, 0.3) is 22.0 Å². The lowest BCUT2D eigenvalue weighted by molar-refractivity contribution is 0.195. The highest BCUT2D eigenvalue weighted by molar-refractivity contribution is 6.30. The van der Waals surface area contributed by atoms with Crippen LogP contribution in [0, 0.1) is 0 Å². The zero-order valence-electron chi connectivity index (χ0n) is 12.4. The summed E-state index contributed by atoms with van der Waals surface area (Å²) in [5.74, 6) is 0.774. The van der Waals surface area contributed by atoms with E-state index in [1.54, 1.807) is 6.20 Å². The summed E-state index contributed by atoms with van der Waals surface area (Å²) in [6.45, 7) is 1.49. The van der Waals surface area contributed by atoms with Crippen molar-refractivity contribution in [3.8, 4) is 11.3 Å². The molecule has 2 aromatic heterocycles. The van der Waals surface area contributed by atoms with Crippen molar-refractivity contribution in [2.75, 3.05) is 18.5 Å². The molecule has 0 bridgehead atoms. The van der Waals surface area contributed by atoms with Crippen LogP contribution < -0.4 is 5.32 Å². The molecule has 1 saturated heterocycles. The fraction of sp³-hybridized carbons (Fsp3) is 0.235. The fourth-order valence-corrected chi connectivity index (χ4v) is 2.89. The Morgan fingerprint density at radius 2 is 1.96 bits per heavy atom. The molecular weight excluding hydrogens is 312 g/mol. The number of ether oxygens (including phenoxy) is 1. The van der Waals surface area contributed by atoms with Gasteiger partial charge in [-0.2, -0.15) is 0 Å². The lowest BCUT2D eigenvalue weighted by Gasteiger charge is -2.14. The smallest absolute Gasteiger partial charge is 0.157 e. The van der Waals surface area contributed by atoms with Gasteiger partial charge in [-0.3, -0.25) is 4.98 Å². The van der Waals surface area contributed by atoms with Gasteiger partial charge in [0.25, 0.3) is 0 Å². The van der Waals surface area contributed by atoms with Crippen molar-refractivity contribution in [2.45, 2.75) is 12.5 Å². The van der Waals surface area contributed by atoms with Crippen LogP contribution in [0.2, 0.25) is 5.02 Å². The number of pyridine rings is 1. The molecule has 23 heavy (non-hydrogen) atoms. The fourth-order valence-electron chi connectivity index (χ4n) is 2.77. The molecule has 1 aliphatic rings. The van der Waals surface area contributed by atoms with Gasteiger partial charge < -0.3 is 10.1 Å². The number of aromatic nitrogens is 3. The maximum atomic E-state index is 5.97. The number of anilines is 1. The maximum Gasteiger partial charge on any atom is 0.157 e. The third-order valence-electron chi connectivity index (χ3n) is 3.97. The molecule has 1 aliphatic heterocycles. The predicted octanol–water partition coefficient (Wildman–Crippen LogP) is 3.55. The highest BCUT2D eigenvalue weighted by Crippen LogP contribution is 2.30. The number of fused-ring (bicyclic) bond motifs is 1. The molecule has 3 heterocycles. The first-order chi connectivity index (χ1) is 11.3. The third kappa shape index (κ3) is 2.85. The second kappa shape index (κ2) is 6.10. The molecule has 1 atom stereocenters. The first kappa shape index (κ1) is 14.4. The quantitative estimate of drug-likeness (QED) is 0.797. The Bertz CT molecular complexity index is 832. The highest BCUT2D eigenvalue weighted by atomic mass is 35.5. The van der Waals surface area contributed by atoms with Crippen molar-refractivity contribution in [1.82, 2.24) is 15.2 Å². The van der Waals surface area contributed by atoms with E-state index in [0.717, 1.165) is 40.9 Å². The number of nitrogens with one attached hydrogen (secondary N) is 1. The molecule has 1 fully saturated rings. The second-order valence-electron chi connectivity index (χ2n) is 5.53. The van der Waals surface area contributed by atoms with E-state index >= 15 is 0 Å². The predicted molar refractivity (Wildman–Crippen MR) is 90.6 cm³/mol. The SMILES string of the molecule is Clc1ccc(-c2nnc(N[C@@H]3CCOC3)c3ccncc23)cc1. The van der Waals surface area contributed by atoms with Crippen molar-refractivity contribution in [3.05, 3.63) is 47.7 Å². The molecule has 0 amide bonds. The van der Waals surface area contributed by atoms with Gasteiger partial charge in [0.15, 0.2) is 5.82 Å². The van der Waals surface area contributed by atoms with Gasteiger partial charge in [0.1, 0.15) is 5.69 Å². The van der Waals surface area contributed by atoms with Crippen LogP contribution in [0.15, 0.2) is 42.7 Å². The van der Waals surface area contributed by atoms with Crippen molar-refractivity contribution in [3.63, 3.8) is 0 Å². The van der Waals surface area contributed by atoms with Crippen LogP contribution in [0.4, 0.5) is 5.82 Å². The summed E-state index contributed by atoms with van der Waals surface area (Å²) < 4.78 is 5.41. The van der Waals surface area contributed by atoms with Crippen molar-refractivity contribution >= 4 is 28.2 Å². The molecule has 4 rings (SSSR count).